The number of amides is 3. The molecule has 156 valence electrons. The molecule has 0 spiro atoms. The minimum Gasteiger partial charge on any atom is -0.325 e. The first-order valence-electron chi connectivity index (χ1n) is 9.07. The zero-order valence-electron chi connectivity index (χ0n) is 15.9. The van der Waals surface area contributed by atoms with E-state index in [9.17, 15) is 18.8 Å². The average molecular weight is 449 g/mol. The van der Waals surface area contributed by atoms with Gasteiger partial charge in [-0.3, -0.25) is 24.7 Å². The Balaban J connectivity index is 1.78. The molecule has 3 rings (SSSR count). The summed E-state index contributed by atoms with van der Waals surface area (Å²) in [6.07, 6.45) is -0.274. The Labute approximate surface area is 182 Å². The average Bonchev–Trinajstić information content (AvgIpc) is 2.93. The lowest BCUT2D eigenvalue weighted by Crippen LogP contribution is -2.49. The van der Waals surface area contributed by atoms with Crippen molar-refractivity contribution in [3.05, 3.63) is 64.9 Å². The lowest BCUT2D eigenvalue weighted by molar-refractivity contribution is -0.130. The van der Waals surface area contributed by atoms with Gasteiger partial charge in [0, 0.05) is 12.1 Å². The first-order chi connectivity index (χ1) is 14.3. The predicted octanol–water partition coefficient (Wildman–Crippen LogP) is 2.97. The van der Waals surface area contributed by atoms with Gasteiger partial charge in [-0.15, -0.1) is 0 Å². The molecule has 1 heterocycles. The molecule has 2 aromatic rings. The third-order valence-electron chi connectivity index (χ3n) is 4.45. The van der Waals surface area contributed by atoms with Crippen molar-refractivity contribution in [2.24, 2.45) is 0 Å². The summed E-state index contributed by atoms with van der Waals surface area (Å²) in [5, 5.41) is 4.22. The van der Waals surface area contributed by atoms with Crippen molar-refractivity contribution in [2.45, 2.75) is 19.4 Å². The second-order valence-corrected chi connectivity index (χ2v) is 7.21. The predicted molar refractivity (Wildman–Crippen MR) is 114 cm³/mol. The van der Waals surface area contributed by atoms with E-state index in [1.54, 1.807) is 31.2 Å². The van der Waals surface area contributed by atoms with E-state index in [0.29, 0.717) is 10.7 Å². The SMILES string of the molecule is CCN1C(=O)[C@H](CC(=O)Nc2ccccc2Cl)N(NC(=O)c2cccc(F)c2)C1=S. The van der Waals surface area contributed by atoms with Crippen molar-refractivity contribution in [2.75, 3.05) is 11.9 Å². The summed E-state index contributed by atoms with van der Waals surface area (Å²) in [5.74, 6) is -2.13. The largest absolute Gasteiger partial charge is 0.325 e. The van der Waals surface area contributed by atoms with Gasteiger partial charge < -0.3 is 5.32 Å². The van der Waals surface area contributed by atoms with Crippen LogP contribution in [-0.2, 0) is 9.59 Å². The van der Waals surface area contributed by atoms with E-state index < -0.39 is 29.6 Å². The van der Waals surface area contributed by atoms with Crippen LogP contribution in [0.3, 0.4) is 0 Å². The Bertz CT molecular complexity index is 1020. The van der Waals surface area contributed by atoms with Gasteiger partial charge in [-0.25, -0.2) is 9.40 Å². The van der Waals surface area contributed by atoms with Gasteiger partial charge in [0.25, 0.3) is 11.8 Å². The number of likely N-dealkylation sites (N-methyl/N-ethyl adjacent to an activating group) is 1. The maximum absolute atomic E-state index is 13.4. The molecule has 0 aromatic heterocycles. The Morgan fingerprint density at radius 1 is 1.20 bits per heavy atom. The van der Waals surface area contributed by atoms with Crippen LogP contribution < -0.4 is 10.7 Å². The van der Waals surface area contributed by atoms with Gasteiger partial charge in [0.2, 0.25) is 5.91 Å². The van der Waals surface area contributed by atoms with Gasteiger partial charge in [0.15, 0.2) is 5.11 Å². The first kappa shape index (κ1) is 21.7. The van der Waals surface area contributed by atoms with Crippen molar-refractivity contribution in [1.82, 2.24) is 15.3 Å². The number of thiocarbonyl (C=S) groups is 1. The monoisotopic (exact) mass is 448 g/mol. The molecule has 0 radical (unpaired) electrons. The summed E-state index contributed by atoms with van der Waals surface area (Å²) >= 11 is 11.4. The molecule has 3 amide bonds. The van der Waals surface area contributed by atoms with Crippen LogP contribution in [0.4, 0.5) is 10.1 Å². The minimum atomic E-state index is -1.04. The van der Waals surface area contributed by atoms with E-state index in [1.807, 2.05) is 0 Å². The molecule has 1 fully saturated rings. The Kier molecular flexibility index (Phi) is 6.63. The van der Waals surface area contributed by atoms with Crippen LogP contribution in [0.2, 0.25) is 5.02 Å². The highest BCUT2D eigenvalue weighted by molar-refractivity contribution is 7.80. The number of nitrogens with zero attached hydrogens (tertiary/aromatic N) is 2. The van der Waals surface area contributed by atoms with E-state index in [0.717, 1.165) is 6.07 Å². The van der Waals surface area contributed by atoms with Gasteiger partial charge in [-0.1, -0.05) is 29.8 Å². The van der Waals surface area contributed by atoms with Gasteiger partial charge in [0.1, 0.15) is 11.9 Å². The van der Waals surface area contributed by atoms with Gasteiger partial charge in [-0.2, -0.15) is 0 Å². The van der Waals surface area contributed by atoms with Crippen molar-refractivity contribution in [3.8, 4) is 0 Å². The fourth-order valence-electron chi connectivity index (χ4n) is 2.99. The molecule has 1 saturated heterocycles. The number of para-hydroxylation sites is 1. The van der Waals surface area contributed by atoms with Gasteiger partial charge in [-0.05, 0) is 49.5 Å². The maximum Gasteiger partial charge on any atom is 0.269 e. The van der Waals surface area contributed by atoms with E-state index in [1.165, 1.54) is 28.1 Å². The van der Waals surface area contributed by atoms with Crippen molar-refractivity contribution in [1.29, 1.82) is 0 Å². The van der Waals surface area contributed by atoms with Crippen molar-refractivity contribution >= 4 is 52.3 Å². The van der Waals surface area contributed by atoms with Crippen LogP contribution in [0.25, 0.3) is 0 Å². The lowest BCUT2D eigenvalue weighted by atomic mass is 10.1. The Hall–Kier alpha value is -3.04. The molecule has 0 saturated carbocycles. The van der Waals surface area contributed by atoms with Crippen LogP contribution in [0.15, 0.2) is 48.5 Å². The molecular weight excluding hydrogens is 431 g/mol. The summed E-state index contributed by atoms with van der Waals surface area (Å²) in [5.41, 5.74) is 2.97. The topological polar surface area (TPSA) is 81.8 Å². The summed E-state index contributed by atoms with van der Waals surface area (Å²) < 4.78 is 13.4. The molecule has 7 nitrogen and oxygen atoms in total. The van der Waals surface area contributed by atoms with Gasteiger partial charge >= 0.3 is 0 Å². The lowest BCUT2D eigenvalue weighted by Gasteiger charge is -2.24. The second kappa shape index (κ2) is 9.19. The van der Waals surface area contributed by atoms with Crippen LogP contribution in [0, 0.1) is 5.82 Å². The quantitative estimate of drug-likeness (QED) is 0.664. The number of benzene rings is 2. The molecule has 0 bridgehead atoms. The standard InChI is InChI=1S/C20H18ClFN4O3S/c1-2-25-19(29)16(11-17(27)23-15-9-4-3-8-14(15)21)26(20(25)30)24-18(28)12-6-5-7-13(22)10-12/h3-10,16H,2,11H2,1H3,(H,23,27)(H,24,28)/t16-/m0/s1. The number of hydrogen-bond donors (Lipinski definition) is 2. The van der Waals surface area contributed by atoms with Crippen molar-refractivity contribution < 1.29 is 18.8 Å². The van der Waals surface area contributed by atoms with E-state index in [2.05, 4.69) is 10.7 Å². The van der Waals surface area contributed by atoms with Crippen molar-refractivity contribution in [3.63, 3.8) is 0 Å². The summed E-state index contributed by atoms with van der Waals surface area (Å²) in [6.45, 7) is 2.00. The highest BCUT2D eigenvalue weighted by Gasteiger charge is 2.44. The van der Waals surface area contributed by atoms with Gasteiger partial charge in [0.05, 0.1) is 17.1 Å². The van der Waals surface area contributed by atoms with E-state index in [-0.39, 0.29) is 23.6 Å². The summed E-state index contributed by atoms with van der Waals surface area (Å²) in [7, 11) is 0. The summed E-state index contributed by atoms with van der Waals surface area (Å²) in [4.78, 5) is 39.1. The number of carbonyl (C=O) groups excluding carboxylic acids is 3. The van der Waals surface area contributed by atoms with Crippen LogP contribution >= 0.6 is 23.8 Å². The molecule has 2 N–H and O–H groups in total. The zero-order valence-corrected chi connectivity index (χ0v) is 17.5. The number of halogens is 2. The Morgan fingerprint density at radius 3 is 2.60 bits per heavy atom. The normalized spacial score (nSPS) is 16.0. The third-order valence-corrected chi connectivity index (χ3v) is 5.20. The number of hydrazine groups is 1. The number of anilines is 1. The molecule has 10 heteroatoms. The number of nitrogens with one attached hydrogen (secondary N) is 2. The number of carbonyl (C=O) groups is 3. The first-order valence-corrected chi connectivity index (χ1v) is 9.86. The molecule has 2 aromatic carbocycles. The zero-order chi connectivity index (χ0) is 21.8. The maximum atomic E-state index is 13.4. The molecule has 1 aliphatic heterocycles. The number of hydrogen-bond acceptors (Lipinski definition) is 4. The van der Waals surface area contributed by atoms with Crippen LogP contribution in [0.5, 0.6) is 0 Å². The smallest absolute Gasteiger partial charge is 0.269 e. The molecule has 0 aliphatic carbocycles. The molecule has 1 aliphatic rings. The minimum absolute atomic E-state index is 0.0551. The number of rotatable bonds is 6. The van der Waals surface area contributed by atoms with Crippen LogP contribution in [0.1, 0.15) is 23.7 Å². The molecule has 0 unspecified atom stereocenters. The highest BCUT2D eigenvalue weighted by Crippen LogP contribution is 2.23. The molecule has 1 atom stereocenters. The fraction of sp³-hybridized carbons (Fsp3) is 0.200. The third kappa shape index (κ3) is 4.58. The van der Waals surface area contributed by atoms with Crippen LogP contribution in [-0.4, -0.2) is 45.3 Å². The summed E-state index contributed by atoms with van der Waals surface area (Å²) in [6, 6.07) is 10.7. The molecular formula is C20H18ClFN4O3S. The highest BCUT2D eigenvalue weighted by atomic mass is 35.5. The fourth-order valence-corrected chi connectivity index (χ4v) is 3.56. The van der Waals surface area contributed by atoms with E-state index >= 15 is 0 Å². The Morgan fingerprint density at radius 2 is 1.93 bits per heavy atom. The second-order valence-electron chi connectivity index (χ2n) is 6.43. The van der Waals surface area contributed by atoms with E-state index in [4.69, 9.17) is 23.8 Å². The molecule has 30 heavy (non-hydrogen) atoms.